The molecule has 3 nitrogen and oxygen atoms in total. The molecule has 0 amide bonds. The largest absolute Gasteiger partial charge is 0.493 e. The summed E-state index contributed by atoms with van der Waals surface area (Å²) in [5.41, 5.74) is 1.86. The maximum absolute atomic E-state index is 5.88. The predicted octanol–water partition coefficient (Wildman–Crippen LogP) is 2.93. The molecule has 3 heteroatoms. The van der Waals surface area contributed by atoms with Gasteiger partial charge >= 0.3 is 0 Å². The number of rotatable bonds is 2. The van der Waals surface area contributed by atoms with E-state index in [1.807, 2.05) is 60.4 Å². The molecule has 0 fully saturated rings. The van der Waals surface area contributed by atoms with Gasteiger partial charge in [-0.3, -0.25) is 0 Å². The fourth-order valence-electron chi connectivity index (χ4n) is 2.00. The number of ether oxygens (including phenoxy) is 1. The fraction of sp³-hybridized carbons (Fsp3) is 0.133. The van der Waals surface area contributed by atoms with Gasteiger partial charge in [0.15, 0.2) is 23.7 Å². The van der Waals surface area contributed by atoms with Gasteiger partial charge in [0.2, 0.25) is 0 Å². The van der Waals surface area contributed by atoms with Crippen molar-refractivity contribution in [3.63, 3.8) is 0 Å². The minimum absolute atomic E-state index is 0.764. The van der Waals surface area contributed by atoms with Crippen molar-refractivity contribution in [3.8, 4) is 17.1 Å². The van der Waals surface area contributed by atoms with Crippen molar-refractivity contribution in [2.75, 3.05) is 7.11 Å². The molecular formula is C15H14NO2+. The van der Waals surface area contributed by atoms with Crippen LogP contribution in [0.5, 0.6) is 5.75 Å². The Kier molecular flexibility index (Phi) is 2.52. The zero-order valence-corrected chi connectivity index (χ0v) is 10.4. The molecule has 0 spiro atoms. The Hall–Kier alpha value is -2.29. The number of hydrogen-bond donors (Lipinski definition) is 0. The Morgan fingerprint density at radius 2 is 1.89 bits per heavy atom. The van der Waals surface area contributed by atoms with Crippen molar-refractivity contribution in [1.29, 1.82) is 0 Å². The minimum atomic E-state index is 0.764. The van der Waals surface area contributed by atoms with E-state index in [1.165, 1.54) is 0 Å². The first-order valence-corrected chi connectivity index (χ1v) is 5.80. The Morgan fingerprint density at radius 3 is 2.61 bits per heavy atom. The number of furan rings is 1. The van der Waals surface area contributed by atoms with Crippen LogP contribution >= 0.6 is 0 Å². The third-order valence-electron chi connectivity index (χ3n) is 2.99. The zero-order chi connectivity index (χ0) is 12.5. The number of aryl methyl sites for hydroxylation is 1. The van der Waals surface area contributed by atoms with Crippen LogP contribution in [0, 0.1) is 0 Å². The Bertz CT molecular complexity index is 683. The topological polar surface area (TPSA) is 26.2 Å². The summed E-state index contributed by atoms with van der Waals surface area (Å²) in [5, 5.41) is 1.05. The standard InChI is InChI=1S/C15H14NO2/c1-16-8-6-11(7-9-16)14-10-12-4-3-5-13(17-2)15(12)18-14/h3-10H,1-2H3/q+1. The van der Waals surface area contributed by atoms with Gasteiger partial charge in [-0.1, -0.05) is 12.1 Å². The number of fused-ring (bicyclic) bond motifs is 1. The highest BCUT2D eigenvalue weighted by Crippen LogP contribution is 2.32. The number of aromatic nitrogens is 1. The molecule has 0 saturated carbocycles. The summed E-state index contributed by atoms with van der Waals surface area (Å²) in [6.07, 6.45) is 4.00. The van der Waals surface area contributed by atoms with Crippen LogP contribution in [0.25, 0.3) is 22.3 Å². The molecular weight excluding hydrogens is 226 g/mol. The van der Waals surface area contributed by atoms with Crippen LogP contribution in [-0.2, 0) is 7.05 Å². The molecule has 18 heavy (non-hydrogen) atoms. The number of hydrogen-bond acceptors (Lipinski definition) is 2. The molecule has 2 heterocycles. The van der Waals surface area contributed by atoms with Crippen molar-refractivity contribution in [2.45, 2.75) is 0 Å². The second-order valence-electron chi connectivity index (χ2n) is 4.24. The van der Waals surface area contributed by atoms with E-state index in [4.69, 9.17) is 9.15 Å². The van der Waals surface area contributed by atoms with Gasteiger partial charge in [0.1, 0.15) is 12.8 Å². The molecule has 3 rings (SSSR count). The van der Waals surface area contributed by atoms with Crippen LogP contribution in [0.2, 0.25) is 0 Å². The predicted molar refractivity (Wildman–Crippen MR) is 69.4 cm³/mol. The van der Waals surface area contributed by atoms with E-state index in [-0.39, 0.29) is 0 Å². The lowest BCUT2D eigenvalue weighted by Gasteiger charge is -1.98. The normalized spacial score (nSPS) is 10.8. The summed E-state index contributed by atoms with van der Waals surface area (Å²) >= 11 is 0. The average molecular weight is 240 g/mol. The fourth-order valence-corrected chi connectivity index (χ4v) is 2.00. The summed E-state index contributed by atoms with van der Waals surface area (Å²) < 4.78 is 13.2. The van der Waals surface area contributed by atoms with Gasteiger partial charge < -0.3 is 9.15 Å². The molecule has 0 unspecified atom stereocenters. The SMILES string of the molecule is COc1cccc2cc(-c3cc[n+](C)cc3)oc12. The van der Waals surface area contributed by atoms with Crippen molar-refractivity contribution in [2.24, 2.45) is 7.05 Å². The number of nitrogens with zero attached hydrogens (tertiary/aromatic N) is 1. The summed E-state index contributed by atoms with van der Waals surface area (Å²) in [4.78, 5) is 0. The molecule has 2 aromatic heterocycles. The van der Waals surface area contributed by atoms with Crippen LogP contribution in [0.3, 0.4) is 0 Å². The van der Waals surface area contributed by atoms with Crippen molar-refractivity contribution in [1.82, 2.24) is 0 Å². The van der Waals surface area contributed by atoms with Gasteiger partial charge in [-0.25, -0.2) is 4.57 Å². The van der Waals surface area contributed by atoms with Crippen molar-refractivity contribution < 1.29 is 13.7 Å². The molecule has 0 bridgehead atoms. The van der Waals surface area contributed by atoms with E-state index in [1.54, 1.807) is 7.11 Å². The minimum Gasteiger partial charge on any atom is -0.493 e. The molecule has 1 aromatic carbocycles. The highest BCUT2D eigenvalue weighted by molar-refractivity contribution is 5.87. The summed E-state index contributed by atoms with van der Waals surface area (Å²) in [5.74, 6) is 1.62. The van der Waals surface area contributed by atoms with E-state index >= 15 is 0 Å². The number of methoxy groups -OCH3 is 1. The van der Waals surface area contributed by atoms with Crippen LogP contribution in [0.15, 0.2) is 53.2 Å². The highest BCUT2D eigenvalue weighted by atomic mass is 16.5. The molecule has 0 saturated heterocycles. The molecule has 0 radical (unpaired) electrons. The number of para-hydroxylation sites is 1. The van der Waals surface area contributed by atoms with Gasteiger partial charge in [-0.15, -0.1) is 0 Å². The Morgan fingerprint density at radius 1 is 1.11 bits per heavy atom. The molecule has 0 aliphatic carbocycles. The maximum atomic E-state index is 5.88. The molecule has 0 N–H and O–H groups in total. The van der Waals surface area contributed by atoms with Crippen molar-refractivity contribution in [3.05, 3.63) is 48.8 Å². The second kappa shape index (κ2) is 4.18. The zero-order valence-electron chi connectivity index (χ0n) is 10.4. The molecule has 90 valence electrons. The molecule has 0 aliphatic heterocycles. The lowest BCUT2D eigenvalue weighted by Crippen LogP contribution is -2.25. The third kappa shape index (κ3) is 1.74. The van der Waals surface area contributed by atoms with Crippen LogP contribution in [0.4, 0.5) is 0 Å². The smallest absolute Gasteiger partial charge is 0.176 e. The first kappa shape index (κ1) is 10.8. The van der Waals surface area contributed by atoms with Gasteiger partial charge in [-0.05, 0) is 12.1 Å². The first-order valence-electron chi connectivity index (χ1n) is 5.80. The highest BCUT2D eigenvalue weighted by Gasteiger charge is 2.10. The van der Waals surface area contributed by atoms with E-state index in [9.17, 15) is 0 Å². The maximum Gasteiger partial charge on any atom is 0.176 e. The van der Waals surface area contributed by atoms with Crippen LogP contribution < -0.4 is 9.30 Å². The van der Waals surface area contributed by atoms with Crippen LogP contribution in [0.1, 0.15) is 0 Å². The number of pyridine rings is 1. The summed E-state index contributed by atoms with van der Waals surface area (Å²) in [6, 6.07) is 12.0. The second-order valence-corrected chi connectivity index (χ2v) is 4.24. The molecule has 3 aromatic rings. The van der Waals surface area contributed by atoms with Crippen molar-refractivity contribution >= 4 is 11.0 Å². The Balaban J connectivity index is 2.16. The van der Waals surface area contributed by atoms with Gasteiger partial charge in [0, 0.05) is 23.1 Å². The van der Waals surface area contributed by atoms with E-state index in [0.717, 1.165) is 28.0 Å². The van der Waals surface area contributed by atoms with E-state index < -0.39 is 0 Å². The molecule has 0 atom stereocenters. The summed E-state index contributed by atoms with van der Waals surface area (Å²) in [6.45, 7) is 0. The van der Waals surface area contributed by atoms with E-state index in [2.05, 4.69) is 0 Å². The first-order chi connectivity index (χ1) is 8.78. The van der Waals surface area contributed by atoms with Gasteiger partial charge in [-0.2, -0.15) is 0 Å². The third-order valence-corrected chi connectivity index (χ3v) is 2.99. The Labute approximate surface area is 105 Å². The summed E-state index contributed by atoms with van der Waals surface area (Å²) in [7, 11) is 3.64. The monoisotopic (exact) mass is 240 g/mol. The quantitative estimate of drug-likeness (QED) is 0.644. The lowest BCUT2D eigenvalue weighted by atomic mass is 10.2. The average Bonchev–Trinajstić information content (AvgIpc) is 2.83. The lowest BCUT2D eigenvalue weighted by molar-refractivity contribution is -0.671. The van der Waals surface area contributed by atoms with Crippen LogP contribution in [-0.4, -0.2) is 7.11 Å². The van der Waals surface area contributed by atoms with Gasteiger partial charge in [0.05, 0.1) is 7.11 Å². The van der Waals surface area contributed by atoms with Gasteiger partial charge in [0.25, 0.3) is 0 Å². The number of benzene rings is 1. The molecule has 0 aliphatic rings. The van der Waals surface area contributed by atoms with E-state index in [0.29, 0.717) is 0 Å².